The number of sulfonamides is 1. The second kappa shape index (κ2) is 4.93. The molecule has 1 unspecified atom stereocenters. The molecule has 1 saturated heterocycles. The molecule has 1 aromatic rings. The molecular formula is C10H12N4O6S. The number of carboxylic acids is 1. The Labute approximate surface area is 119 Å². The van der Waals surface area contributed by atoms with Crippen LogP contribution in [0.5, 0.6) is 0 Å². The average Bonchev–Trinajstić information content (AvgIpc) is 2.76. The molecule has 1 fully saturated rings. The van der Waals surface area contributed by atoms with Crippen LogP contribution in [0.15, 0.2) is 4.90 Å². The maximum absolute atomic E-state index is 12.6. The van der Waals surface area contributed by atoms with Crippen LogP contribution in [0.4, 0.5) is 0 Å². The van der Waals surface area contributed by atoms with Gasteiger partial charge < -0.3 is 5.11 Å². The van der Waals surface area contributed by atoms with Gasteiger partial charge in [0.1, 0.15) is 10.9 Å². The van der Waals surface area contributed by atoms with Gasteiger partial charge in [-0.1, -0.05) is 0 Å². The van der Waals surface area contributed by atoms with Gasteiger partial charge in [0.25, 0.3) is 0 Å². The van der Waals surface area contributed by atoms with E-state index in [4.69, 9.17) is 5.11 Å². The van der Waals surface area contributed by atoms with Crippen molar-refractivity contribution in [3.05, 3.63) is 11.4 Å². The number of carbonyl (C=O) groups is 3. The lowest BCUT2D eigenvalue weighted by atomic mass is 10.2. The molecular weight excluding hydrogens is 304 g/mol. The molecule has 1 atom stereocenters. The van der Waals surface area contributed by atoms with E-state index in [1.165, 1.54) is 13.8 Å². The summed E-state index contributed by atoms with van der Waals surface area (Å²) in [6.45, 7) is 2.07. The van der Waals surface area contributed by atoms with E-state index in [0.717, 1.165) is 0 Å². The number of carbonyl (C=O) groups excluding carboxylic acids is 2. The van der Waals surface area contributed by atoms with Gasteiger partial charge >= 0.3 is 5.97 Å². The average molecular weight is 316 g/mol. The molecule has 2 rings (SSSR count). The first-order chi connectivity index (χ1) is 9.66. The monoisotopic (exact) mass is 316 g/mol. The number of aryl methyl sites for hydroxylation is 1. The Balaban J connectivity index is 2.57. The smallest absolute Gasteiger partial charge is 0.357 e. The number of hydrogen-bond donors (Lipinski definition) is 3. The number of rotatable bonds is 3. The number of aromatic nitrogens is 2. The van der Waals surface area contributed by atoms with E-state index in [9.17, 15) is 22.8 Å². The zero-order valence-corrected chi connectivity index (χ0v) is 11.9. The molecule has 2 amide bonds. The molecule has 0 saturated carbocycles. The van der Waals surface area contributed by atoms with Gasteiger partial charge in [-0.3, -0.25) is 20.0 Å². The molecule has 21 heavy (non-hydrogen) atoms. The molecule has 10 nitrogen and oxygen atoms in total. The summed E-state index contributed by atoms with van der Waals surface area (Å²) < 4.78 is 25.8. The molecule has 0 bridgehead atoms. The van der Waals surface area contributed by atoms with Crippen molar-refractivity contribution < 1.29 is 27.9 Å². The number of aromatic amines is 1. The third kappa shape index (κ3) is 2.40. The summed E-state index contributed by atoms with van der Waals surface area (Å²) in [5.74, 6) is -3.08. The molecule has 0 aromatic carbocycles. The summed E-state index contributed by atoms with van der Waals surface area (Å²) in [6, 6.07) is -1.14. The van der Waals surface area contributed by atoms with Crippen LogP contribution in [0.1, 0.15) is 23.1 Å². The zero-order valence-electron chi connectivity index (χ0n) is 11.1. The highest BCUT2D eigenvalue weighted by atomic mass is 32.2. The van der Waals surface area contributed by atoms with E-state index in [1.54, 1.807) is 0 Å². The highest BCUT2D eigenvalue weighted by molar-refractivity contribution is 7.89. The van der Waals surface area contributed by atoms with Crippen molar-refractivity contribution >= 4 is 27.8 Å². The molecule has 11 heteroatoms. The quantitative estimate of drug-likeness (QED) is 0.571. The molecule has 0 aliphatic carbocycles. The molecule has 1 aliphatic rings. The predicted molar refractivity (Wildman–Crippen MR) is 66.8 cm³/mol. The topological polar surface area (TPSA) is 150 Å². The van der Waals surface area contributed by atoms with E-state index < -0.39 is 51.0 Å². The summed E-state index contributed by atoms with van der Waals surface area (Å²) in [4.78, 5) is 33.4. The summed E-state index contributed by atoms with van der Waals surface area (Å²) in [5.41, 5.74) is -0.670. The number of amides is 2. The second-order valence-corrected chi connectivity index (χ2v) is 6.30. The van der Waals surface area contributed by atoms with E-state index in [2.05, 4.69) is 10.2 Å². The summed E-state index contributed by atoms with van der Waals surface area (Å²) in [5, 5.41) is 16.7. The summed E-state index contributed by atoms with van der Waals surface area (Å²) in [7, 11) is -4.36. The number of nitrogens with zero attached hydrogens (tertiary/aromatic N) is 2. The minimum Gasteiger partial charge on any atom is -0.476 e. The van der Waals surface area contributed by atoms with Gasteiger partial charge in [-0.15, -0.1) is 0 Å². The van der Waals surface area contributed by atoms with Crippen LogP contribution in [0.25, 0.3) is 0 Å². The van der Waals surface area contributed by atoms with Crippen molar-refractivity contribution in [2.75, 3.05) is 6.54 Å². The number of nitrogens with one attached hydrogen (secondary N) is 2. The van der Waals surface area contributed by atoms with Gasteiger partial charge in [0.15, 0.2) is 5.69 Å². The van der Waals surface area contributed by atoms with Gasteiger partial charge in [-0.05, 0) is 13.8 Å². The summed E-state index contributed by atoms with van der Waals surface area (Å²) in [6.07, 6.45) is 0. The second-order valence-electron chi connectivity index (χ2n) is 4.47. The number of H-pyrrole nitrogens is 1. The minimum absolute atomic E-state index is 0.0121. The van der Waals surface area contributed by atoms with Crippen LogP contribution >= 0.6 is 0 Å². The van der Waals surface area contributed by atoms with Gasteiger partial charge in [-0.25, -0.2) is 13.2 Å². The van der Waals surface area contributed by atoms with Crippen LogP contribution in [0.2, 0.25) is 0 Å². The van der Waals surface area contributed by atoms with E-state index in [0.29, 0.717) is 4.31 Å². The Kier molecular flexibility index (Phi) is 3.55. The fourth-order valence-corrected chi connectivity index (χ4v) is 3.82. The first kappa shape index (κ1) is 15.1. The molecule has 0 radical (unpaired) electrons. The largest absolute Gasteiger partial charge is 0.476 e. The fourth-order valence-electron chi connectivity index (χ4n) is 1.98. The number of hydrogen-bond acceptors (Lipinski definition) is 6. The van der Waals surface area contributed by atoms with Crippen molar-refractivity contribution in [3.8, 4) is 0 Å². The Bertz CT molecular complexity index is 737. The van der Waals surface area contributed by atoms with E-state index in [1.807, 2.05) is 5.32 Å². The minimum atomic E-state index is -4.36. The van der Waals surface area contributed by atoms with E-state index >= 15 is 0 Å². The lowest BCUT2D eigenvalue weighted by Gasteiger charge is -2.30. The molecule has 1 aliphatic heterocycles. The normalized spacial score (nSPS) is 20.4. The molecule has 1 aromatic heterocycles. The summed E-state index contributed by atoms with van der Waals surface area (Å²) >= 11 is 0. The first-order valence-electron chi connectivity index (χ1n) is 5.80. The number of piperazine rings is 1. The third-order valence-electron chi connectivity index (χ3n) is 3.03. The van der Waals surface area contributed by atoms with Gasteiger partial charge in [0, 0.05) is 0 Å². The zero-order chi connectivity index (χ0) is 15.9. The van der Waals surface area contributed by atoms with Crippen LogP contribution < -0.4 is 5.32 Å². The van der Waals surface area contributed by atoms with Crippen LogP contribution in [-0.4, -0.2) is 58.4 Å². The highest BCUT2D eigenvalue weighted by Crippen LogP contribution is 2.25. The lowest BCUT2D eigenvalue weighted by molar-refractivity contribution is -0.136. The van der Waals surface area contributed by atoms with Crippen molar-refractivity contribution in [2.24, 2.45) is 0 Å². The highest BCUT2D eigenvalue weighted by Gasteiger charge is 2.42. The fraction of sp³-hybridized carbons (Fsp3) is 0.400. The SMILES string of the molecule is Cc1[nH]nc(C(=O)O)c1S(=O)(=O)N1CC(=O)NC(=O)C1C. The van der Waals surface area contributed by atoms with Gasteiger partial charge in [0.2, 0.25) is 21.8 Å². The number of carboxylic acid groups (broad SMARTS) is 1. The van der Waals surface area contributed by atoms with E-state index in [-0.39, 0.29) is 5.69 Å². The van der Waals surface area contributed by atoms with Crippen molar-refractivity contribution in [3.63, 3.8) is 0 Å². The van der Waals surface area contributed by atoms with Gasteiger partial charge in [0.05, 0.1) is 12.2 Å². The lowest BCUT2D eigenvalue weighted by Crippen LogP contribution is -2.58. The molecule has 0 spiro atoms. The molecule has 3 N–H and O–H groups in total. The van der Waals surface area contributed by atoms with Crippen molar-refractivity contribution in [1.29, 1.82) is 0 Å². The van der Waals surface area contributed by atoms with Crippen LogP contribution in [-0.2, 0) is 19.6 Å². The Morgan fingerprint density at radius 2 is 2.05 bits per heavy atom. The van der Waals surface area contributed by atoms with Crippen LogP contribution in [0.3, 0.4) is 0 Å². The first-order valence-corrected chi connectivity index (χ1v) is 7.24. The van der Waals surface area contributed by atoms with Crippen molar-refractivity contribution in [1.82, 2.24) is 19.8 Å². The predicted octanol–water partition coefficient (Wildman–Crippen LogP) is -1.55. The Hall–Kier alpha value is -2.27. The molecule has 114 valence electrons. The Morgan fingerprint density at radius 1 is 1.43 bits per heavy atom. The Morgan fingerprint density at radius 3 is 2.62 bits per heavy atom. The maximum Gasteiger partial charge on any atom is 0.357 e. The number of imide groups is 1. The third-order valence-corrected chi connectivity index (χ3v) is 5.11. The van der Waals surface area contributed by atoms with Crippen LogP contribution in [0, 0.1) is 6.92 Å². The van der Waals surface area contributed by atoms with Gasteiger partial charge in [-0.2, -0.15) is 9.40 Å². The standard InChI is InChI=1S/C10H12N4O6S/c1-4-8(7(10(17)18)13-12-4)21(19,20)14-3-6(15)11-9(16)5(14)2/h5H,3H2,1-2H3,(H,12,13)(H,17,18)(H,11,15,16). The van der Waals surface area contributed by atoms with Crippen molar-refractivity contribution in [2.45, 2.75) is 24.8 Å². The maximum atomic E-state index is 12.6. The number of aromatic carboxylic acids is 1. The molecule has 2 heterocycles.